The first-order chi connectivity index (χ1) is 12.7. The summed E-state index contributed by atoms with van der Waals surface area (Å²) in [5.74, 6) is -0.964. The fourth-order valence-corrected chi connectivity index (χ4v) is 3.28. The van der Waals surface area contributed by atoms with Gasteiger partial charge in [-0.2, -0.15) is 0 Å². The predicted octanol–water partition coefficient (Wildman–Crippen LogP) is 3.89. The van der Waals surface area contributed by atoms with Gasteiger partial charge in [0, 0.05) is 11.1 Å². The standard InChI is InChI=1S/C20H12N2O4/c23-19-21-17-13(6-2-8-15(17)25-19)11-4-1-5-12(10-11)14-7-3-9-16-18(14)22-20(24)26-16/h1-10H,(H,21,23)(H,22,24). The summed E-state index contributed by atoms with van der Waals surface area (Å²) in [5.41, 5.74) is 5.92. The van der Waals surface area contributed by atoms with Gasteiger partial charge < -0.3 is 8.83 Å². The third kappa shape index (κ3) is 2.20. The average Bonchev–Trinajstić information content (AvgIpc) is 3.21. The van der Waals surface area contributed by atoms with Crippen LogP contribution in [-0.2, 0) is 0 Å². The minimum Gasteiger partial charge on any atom is -0.408 e. The molecule has 2 aromatic heterocycles. The van der Waals surface area contributed by atoms with Gasteiger partial charge in [0.25, 0.3) is 0 Å². The normalized spacial score (nSPS) is 11.4. The Morgan fingerprint density at radius 2 is 1.08 bits per heavy atom. The molecule has 0 aliphatic carbocycles. The Hall–Kier alpha value is -3.80. The van der Waals surface area contributed by atoms with Crippen LogP contribution in [-0.4, -0.2) is 9.97 Å². The molecule has 2 N–H and O–H groups in total. The van der Waals surface area contributed by atoms with E-state index in [2.05, 4.69) is 9.97 Å². The van der Waals surface area contributed by atoms with Gasteiger partial charge in [-0.25, -0.2) is 9.59 Å². The van der Waals surface area contributed by atoms with Crippen LogP contribution in [0.5, 0.6) is 0 Å². The first-order valence-electron chi connectivity index (χ1n) is 8.03. The Morgan fingerprint density at radius 3 is 1.58 bits per heavy atom. The van der Waals surface area contributed by atoms with E-state index in [4.69, 9.17) is 8.83 Å². The number of benzene rings is 3. The summed E-state index contributed by atoms with van der Waals surface area (Å²) in [6.45, 7) is 0. The lowest BCUT2D eigenvalue weighted by atomic mass is 9.98. The van der Waals surface area contributed by atoms with Crippen molar-refractivity contribution in [2.24, 2.45) is 0 Å². The molecule has 26 heavy (non-hydrogen) atoms. The number of para-hydroxylation sites is 2. The first-order valence-corrected chi connectivity index (χ1v) is 8.03. The van der Waals surface area contributed by atoms with Gasteiger partial charge in [0.1, 0.15) is 0 Å². The summed E-state index contributed by atoms with van der Waals surface area (Å²) >= 11 is 0. The fraction of sp³-hybridized carbons (Fsp3) is 0. The molecule has 0 aliphatic heterocycles. The molecule has 5 aromatic rings. The average molecular weight is 344 g/mol. The molecule has 6 nitrogen and oxygen atoms in total. The first kappa shape index (κ1) is 14.5. The molecule has 6 heteroatoms. The topological polar surface area (TPSA) is 92.0 Å². The third-order valence-corrected chi connectivity index (χ3v) is 4.40. The van der Waals surface area contributed by atoms with E-state index in [9.17, 15) is 9.59 Å². The molecule has 5 rings (SSSR count). The molecule has 0 fully saturated rings. The van der Waals surface area contributed by atoms with Crippen LogP contribution >= 0.6 is 0 Å². The highest BCUT2D eigenvalue weighted by Gasteiger charge is 2.12. The molecule has 0 unspecified atom stereocenters. The molecular formula is C20H12N2O4. The quantitative estimate of drug-likeness (QED) is 0.508. The number of hydrogen-bond acceptors (Lipinski definition) is 4. The van der Waals surface area contributed by atoms with Crippen LogP contribution in [0.4, 0.5) is 0 Å². The van der Waals surface area contributed by atoms with Crippen molar-refractivity contribution in [3.8, 4) is 22.3 Å². The number of rotatable bonds is 2. The molecule has 0 saturated carbocycles. The van der Waals surface area contributed by atoms with Crippen LogP contribution in [0.3, 0.4) is 0 Å². The van der Waals surface area contributed by atoms with Gasteiger partial charge >= 0.3 is 11.5 Å². The molecule has 0 aliphatic rings. The van der Waals surface area contributed by atoms with E-state index in [1.807, 2.05) is 48.5 Å². The lowest BCUT2D eigenvalue weighted by Gasteiger charge is -2.07. The van der Waals surface area contributed by atoms with Crippen molar-refractivity contribution in [1.82, 2.24) is 9.97 Å². The zero-order valence-corrected chi connectivity index (χ0v) is 13.4. The van der Waals surface area contributed by atoms with Crippen LogP contribution in [0.25, 0.3) is 44.5 Å². The largest absolute Gasteiger partial charge is 0.417 e. The summed E-state index contributed by atoms with van der Waals surface area (Å²) < 4.78 is 10.3. The number of oxazole rings is 2. The van der Waals surface area contributed by atoms with Gasteiger partial charge in [0.15, 0.2) is 11.2 Å². The maximum atomic E-state index is 11.5. The van der Waals surface area contributed by atoms with Crippen molar-refractivity contribution in [3.05, 3.63) is 81.8 Å². The highest BCUT2D eigenvalue weighted by Crippen LogP contribution is 2.32. The van der Waals surface area contributed by atoms with Gasteiger partial charge in [-0.1, -0.05) is 42.5 Å². The summed E-state index contributed by atoms with van der Waals surface area (Å²) in [6, 6.07) is 18.9. The highest BCUT2D eigenvalue weighted by atomic mass is 16.4. The maximum absolute atomic E-state index is 11.5. The van der Waals surface area contributed by atoms with Crippen LogP contribution < -0.4 is 11.5 Å². The number of nitrogens with one attached hydrogen (secondary N) is 2. The number of hydrogen-bond donors (Lipinski definition) is 2. The van der Waals surface area contributed by atoms with Crippen molar-refractivity contribution in [3.63, 3.8) is 0 Å². The number of fused-ring (bicyclic) bond motifs is 2. The second-order valence-electron chi connectivity index (χ2n) is 5.97. The van der Waals surface area contributed by atoms with Crippen molar-refractivity contribution in [1.29, 1.82) is 0 Å². The van der Waals surface area contributed by atoms with Gasteiger partial charge in [0.05, 0.1) is 11.0 Å². The zero-order chi connectivity index (χ0) is 17.7. The van der Waals surface area contributed by atoms with Crippen LogP contribution in [0.1, 0.15) is 0 Å². The molecule has 0 radical (unpaired) electrons. The molecule has 0 saturated heterocycles. The number of aromatic amines is 2. The molecule has 126 valence electrons. The lowest BCUT2D eigenvalue weighted by Crippen LogP contribution is -1.94. The Bertz CT molecular complexity index is 1280. The van der Waals surface area contributed by atoms with Crippen molar-refractivity contribution in [2.75, 3.05) is 0 Å². The second-order valence-corrected chi connectivity index (χ2v) is 5.97. The van der Waals surface area contributed by atoms with Gasteiger partial charge in [-0.05, 0) is 29.3 Å². The van der Waals surface area contributed by atoms with Crippen molar-refractivity contribution >= 4 is 22.2 Å². The Labute approximate surface area is 145 Å². The van der Waals surface area contributed by atoms with Crippen molar-refractivity contribution in [2.45, 2.75) is 0 Å². The molecule has 0 bridgehead atoms. The van der Waals surface area contributed by atoms with Crippen LogP contribution in [0, 0.1) is 0 Å². The summed E-state index contributed by atoms with van der Waals surface area (Å²) in [5, 5.41) is 0. The third-order valence-electron chi connectivity index (χ3n) is 4.40. The summed E-state index contributed by atoms with van der Waals surface area (Å²) in [7, 11) is 0. The lowest BCUT2D eigenvalue weighted by molar-refractivity contribution is 0.555. The monoisotopic (exact) mass is 344 g/mol. The summed E-state index contributed by atoms with van der Waals surface area (Å²) in [4.78, 5) is 28.6. The molecule has 0 spiro atoms. The Kier molecular flexibility index (Phi) is 2.99. The summed E-state index contributed by atoms with van der Waals surface area (Å²) in [6.07, 6.45) is 0. The molecule has 3 aromatic carbocycles. The van der Waals surface area contributed by atoms with Gasteiger partial charge in [-0.15, -0.1) is 0 Å². The minimum absolute atomic E-state index is 0.482. The SMILES string of the molecule is O=c1[nH]c2c(-c3cccc(-c4cccc5oc(=O)[nH]c45)c3)cccc2o1. The Morgan fingerprint density at radius 1 is 0.615 bits per heavy atom. The minimum atomic E-state index is -0.482. The number of H-pyrrole nitrogens is 2. The van der Waals surface area contributed by atoms with Gasteiger partial charge in [0.2, 0.25) is 0 Å². The van der Waals surface area contributed by atoms with Crippen molar-refractivity contribution < 1.29 is 8.83 Å². The molecule has 2 heterocycles. The number of aromatic nitrogens is 2. The Balaban J connectivity index is 1.74. The van der Waals surface area contributed by atoms with E-state index in [-0.39, 0.29) is 0 Å². The maximum Gasteiger partial charge on any atom is 0.417 e. The van der Waals surface area contributed by atoms with Crippen LogP contribution in [0.15, 0.2) is 79.1 Å². The van der Waals surface area contributed by atoms with E-state index in [1.54, 1.807) is 12.1 Å². The van der Waals surface area contributed by atoms with E-state index in [1.165, 1.54) is 0 Å². The van der Waals surface area contributed by atoms with Crippen LogP contribution in [0.2, 0.25) is 0 Å². The van der Waals surface area contributed by atoms with E-state index >= 15 is 0 Å². The molecular weight excluding hydrogens is 332 g/mol. The molecule has 0 atom stereocenters. The van der Waals surface area contributed by atoms with E-state index in [0.717, 1.165) is 22.3 Å². The van der Waals surface area contributed by atoms with E-state index in [0.29, 0.717) is 22.2 Å². The highest BCUT2D eigenvalue weighted by molar-refractivity contribution is 5.94. The predicted molar refractivity (Wildman–Crippen MR) is 98.1 cm³/mol. The smallest absolute Gasteiger partial charge is 0.408 e. The second kappa shape index (κ2) is 5.35. The van der Waals surface area contributed by atoms with E-state index < -0.39 is 11.5 Å². The fourth-order valence-electron chi connectivity index (χ4n) is 3.28. The zero-order valence-electron chi connectivity index (χ0n) is 13.4. The van der Waals surface area contributed by atoms with Gasteiger partial charge in [-0.3, -0.25) is 9.97 Å². The molecule has 0 amide bonds.